The Morgan fingerprint density at radius 3 is 2.06 bits per heavy atom. The first-order chi connectivity index (χ1) is 7.59. The van der Waals surface area contributed by atoms with E-state index in [4.69, 9.17) is 5.11 Å². The molecular weight excluding hydrogens is 208 g/mol. The summed E-state index contributed by atoms with van der Waals surface area (Å²) in [6.45, 7) is 0. The summed E-state index contributed by atoms with van der Waals surface area (Å²) >= 11 is 0. The van der Waals surface area contributed by atoms with E-state index >= 15 is 0 Å². The number of ketones is 1. The summed E-state index contributed by atoms with van der Waals surface area (Å²) in [5, 5.41) is 27.8. The number of aromatic hydroxyl groups is 3. The zero-order valence-corrected chi connectivity index (χ0v) is 8.81. The van der Waals surface area contributed by atoms with E-state index in [9.17, 15) is 15.0 Å². The molecule has 0 bridgehead atoms. The minimum absolute atomic E-state index is 0.0108. The number of benzene rings is 1. The molecule has 0 atom stereocenters. The lowest BCUT2D eigenvalue weighted by Gasteiger charge is -2.09. The molecule has 0 spiro atoms. The van der Waals surface area contributed by atoms with E-state index < -0.39 is 17.2 Å². The van der Waals surface area contributed by atoms with Crippen LogP contribution in [0.3, 0.4) is 0 Å². The smallest absolute Gasteiger partial charge is 0.200 e. The van der Waals surface area contributed by atoms with Gasteiger partial charge >= 0.3 is 0 Å². The van der Waals surface area contributed by atoms with E-state index in [0.717, 1.165) is 25.7 Å². The van der Waals surface area contributed by atoms with Gasteiger partial charge < -0.3 is 15.3 Å². The van der Waals surface area contributed by atoms with Crippen LogP contribution in [0.4, 0.5) is 0 Å². The highest BCUT2D eigenvalue weighted by Gasteiger charge is 2.25. The van der Waals surface area contributed by atoms with Gasteiger partial charge in [0.25, 0.3) is 0 Å². The second kappa shape index (κ2) is 4.04. The molecule has 4 nitrogen and oxygen atoms in total. The minimum atomic E-state index is -0.581. The van der Waals surface area contributed by atoms with Gasteiger partial charge in [0.2, 0.25) is 0 Å². The Labute approximate surface area is 93.2 Å². The van der Waals surface area contributed by atoms with Gasteiger partial charge in [-0.3, -0.25) is 4.79 Å². The molecule has 0 radical (unpaired) electrons. The van der Waals surface area contributed by atoms with Crippen molar-refractivity contribution in [3.05, 3.63) is 17.7 Å². The molecular formula is C12H14O4. The first-order valence-corrected chi connectivity index (χ1v) is 5.38. The Kier molecular flexibility index (Phi) is 2.73. The van der Waals surface area contributed by atoms with Gasteiger partial charge in [0.1, 0.15) is 0 Å². The number of Topliss-reactive ketones (excluding diaryl/α,β-unsaturated/α-hetero) is 1. The van der Waals surface area contributed by atoms with Crippen LogP contribution in [-0.2, 0) is 0 Å². The van der Waals surface area contributed by atoms with Crippen LogP contribution < -0.4 is 0 Å². The molecule has 3 N–H and O–H groups in total. The molecule has 1 saturated carbocycles. The number of phenols is 3. The summed E-state index contributed by atoms with van der Waals surface area (Å²) in [5.74, 6) is -1.57. The van der Waals surface area contributed by atoms with Gasteiger partial charge in [0, 0.05) is 11.5 Å². The van der Waals surface area contributed by atoms with Gasteiger partial charge in [-0.15, -0.1) is 0 Å². The first-order valence-electron chi connectivity index (χ1n) is 5.38. The van der Waals surface area contributed by atoms with Gasteiger partial charge in [0.05, 0.1) is 0 Å². The average Bonchev–Trinajstić information content (AvgIpc) is 2.77. The largest absolute Gasteiger partial charge is 0.504 e. The molecule has 0 aromatic heterocycles. The van der Waals surface area contributed by atoms with Crippen molar-refractivity contribution in [1.82, 2.24) is 0 Å². The fraction of sp³-hybridized carbons (Fsp3) is 0.417. The molecule has 1 aliphatic rings. The minimum Gasteiger partial charge on any atom is -0.504 e. The Morgan fingerprint density at radius 2 is 1.56 bits per heavy atom. The fourth-order valence-corrected chi connectivity index (χ4v) is 2.17. The molecule has 1 aromatic rings. The van der Waals surface area contributed by atoms with E-state index in [1.807, 2.05) is 0 Å². The number of hydrogen-bond acceptors (Lipinski definition) is 4. The zero-order valence-electron chi connectivity index (χ0n) is 8.81. The van der Waals surface area contributed by atoms with Crippen molar-refractivity contribution in [3.8, 4) is 17.2 Å². The summed E-state index contributed by atoms with van der Waals surface area (Å²) < 4.78 is 0. The summed E-state index contributed by atoms with van der Waals surface area (Å²) in [6, 6.07) is 2.41. The maximum absolute atomic E-state index is 12.0. The van der Waals surface area contributed by atoms with Crippen molar-refractivity contribution in [2.45, 2.75) is 25.7 Å². The summed E-state index contributed by atoms with van der Waals surface area (Å²) in [5.41, 5.74) is 0.264. The molecule has 0 aliphatic heterocycles. The molecule has 0 amide bonds. The quantitative estimate of drug-likeness (QED) is 0.529. The number of hydrogen-bond donors (Lipinski definition) is 3. The maximum atomic E-state index is 12.0. The van der Waals surface area contributed by atoms with Gasteiger partial charge in [-0.25, -0.2) is 0 Å². The van der Waals surface area contributed by atoms with Crippen molar-refractivity contribution in [3.63, 3.8) is 0 Å². The second-order valence-corrected chi connectivity index (χ2v) is 4.21. The van der Waals surface area contributed by atoms with Crippen LogP contribution in [0.15, 0.2) is 12.1 Å². The molecule has 1 aromatic carbocycles. The predicted molar refractivity (Wildman–Crippen MR) is 57.7 cm³/mol. The molecule has 2 rings (SSSR count). The zero-order chi connectivity index (χ0) is 11.7. The number of phenolic OH excluding ortho intramolecular Hbond substituents is 3. The van der Waals surface area contributed by atoms with Crippen molar-refractivity contribution < 1.29 is 20.1 Å². The average molecular weight is 222 g/mol. The highest BCUT2D eigenvalue weighted by Crippen LogP contribution is 2.37. The van der Waals surface area contributed by atoms with Crippen LogP contribution in [0.2, 0.25) is 0 Å². The predicted octanol–water partition coefficient (Wildman–Crippen LogP) is 2.18. The molecule has 86 valence electrons. The first kappa shape index (κ1) is 10.8. The Hall–Kier alpha value is -1.71. The third-order valence-electron chi connectivity index (χ3n) is 3.08. The van der Waals surface area contributed by atoms with Crippen LogP contribution in [0.1, 0.15) is 36.0 Å². The molecule has 1 fully saturated rings. The number of carbonyl (C=O) groups excluding carboxylic acids is 1. The van der Waals surface area contributed by atoms with Gasteiger partial charge in [0.15, 0.2) is 23.0 Å². The summed E-state index contributed by atoms with van der Waals surface area (Å²) in [7, 11) is 0. The van der Waals surface area contributed by atoms with E-state index in [2.05, 4.69) is 0 Å². The van der Waals surface area contributed by atoms with Crippen molar-refractivity contribution in [2.75, 3.05) is 0 Å². The van der Waals surface area contributed by atoms with Crippen molar-refractivity contribution in [1.29, 1.82) is 0 Å². The molecule has 4 heteroatoms. The van der Waals surface area contributed by atoms with Crippen LogP contribution in [0, 0.1) is 5.92 Å². The van der Waals surface area contributed by atoms with Crippen LogP contribution in [0.5, 0.6) is 17.2 Å². The van der Waals surface area contributed by atoms with Gasteiger partial charge in [-0.2, -0.15) is 0 Å². The number of carbonyl (C=O) groups is 1. The van der Waals surface area contributed by atoms with E-state index in [1.54, 1.807) is 0 Å². The van der Waals surface area contributed by atoms with E-state index in [1.165, 1.54) is 12.1 Å². The third kappa shape index (κ3) is 1.83. The van der Waals surface area contributed by atoms with E-state index in [-0.39, 0.29) is 17.3 Å². The molecule has 0 heterocycles. The number of rotatable bonds is 2. The Morgan fingerprint density at radius 1 is 1.06 bits per heavy atom. The van der Waals surface area contributed by atoms with E-state index in [0.29, 0.717) is 0 Å². The highest BCUT2D eigenvalue weighted by atomic mass is 16.3. The van der Waals surface area contributed by atoms with Crippen LogP contribution >= 0.6 is 0 Å². The van der Waals surface area contributed by atoms with Gasteiger partial charge in [-0.05, 0) is 25.0 Å². The SMILES string of the molecule is O=C(c1cc(O)c(O)c(O)c1)C1CCCC1. The highest BCUT2D eigenvalue weighted by molar-refractivity contribution is 5.99. The molecule has 1 aliphatic carbocycles. The monoisotopic (exact) mass is 222 g/mol. The van der Waals surface area contributed by atoms with Crippen molar-refractivity contribution in [2.24, 2.45) is 5.92 Å². The Bertz CT molecular complexity index is 396. The van der Waals surface area contributed by atoms with Crippen LogP contribution in [0.25, 0.3) is 0 Å². The summed E-state index contributed by atoms with van der Waals surface area (Å²) in [4.78, 5) is 12.0. The fourth-order valence-electron chi connectivity index (χ4n) is 2.17. The second-order valence-electron chi connectivity index (χ2n) is 4.21. The van der Waals surface area contributed by atoms with Crippen LogP contribution in [-0.4, -0.2) is 21.1 Å². The van der Waals surface area contributed by atoms with Crippen molar-refractivity contribution >= 4 is 5.78 Å². The third-order valence-corrected chi connectivity index (χ3v) is 3.08. The van der Waals surface area contributed by atoms with Gasteiger partial charge in [-0.1, -0.05) is 12.8 Å². The topological polar surface area (TPSA) is 77.8 Å². The molecule has 0 unspecified atom stereocenters. The Balaban J connectivity index is 2.29. The lowest BCUT2D eigenvalue weighted by molar-refractivity contribution is 0.0922. The molecule has 0 saturated heterocycles. The lowest BCUT2D eigenvalue weighted by atomic mass is 9.96. The summed E-state index contributed by atoms with van der Waals surface area (Å²) in [6.07, 6.45) is 3.82. The standard InChI is InChI=1S/C12H14O4/c13-9-5-8(6-10(14)12(9)16)11(15)7-3-1-2-4-7/h5-7,13-14,16H,1-4H2. The normalized spacial score (nSPS) is 16.5. The molecule has 16 heavy (non-hydrogen) atoms. The maximum Gasteiger partial charge on any atom is 0.200 e. The lowest BCUT2D eigenvalue weighted by Crippen LogP contribution is -2.10.